The van der Waals surface area contributed by atoms with Crippen molar-refractivity contribution in [3.05, 3.63) is 95.6 Å². The van der Waals surface area contributed by atoms with Gasteiger partial charge in [0.25, 0.3) is 5.91 Å². The second kappa shape index (κ2) is 11.4. The summed E-state index contributed by atoms with van der Waals surface area (Å²) in [7, 11) is 0. The van der Waals surface area contributed by atoms with Gasteiger partial charge in [0.1, 0.15) is 0 Å². The van der Waals surface area contributed by atoms with Crippen molar-refractivity contribution in [1.82, 2.24) is 10.6 Å². The minimum Gasteiger partial charge on any atom is -0.350 e. The molecule has 2 amide bonds. The molecular weight excluding hydrogens is 360 g/mol. The van der Waals surface area contributed by atoms with E-state index in [1.54, 1.807) is 12.1 Å². The minimum absolute atomic E-state index is 0.0505. The van der Waals surface area contributed by atoms with Gasteiger partial charge in [0.15, 0.2) is 0 Å². The van der Waals surface area contributed by atoms with E-state index < -0.39 is 0 Å². The zero-order chi connectivity index (χ0) is 21.1. The molecule has 0 saturated carbocycles. The zero-order valence-electron chi connectivity index (χ0n) is 17.2. The maximum Gasteiger partial charge on any atom is 0.251 e. The molecule has 4 heteroatoms. The van der Waals surface area contributed by atoms with E-state index in [2.05, 4.69) is 10.6 Å². The van der Waals surface area contributed by atoms with E-state index in [1.165, 1.54) is 5.56 Å². The van der Waals surface area contributed by atoms with E-state index in [0.717, 1.165) is 16.7 Å². The summed E-state index contributed by atoms with van der Waals surface area (Å²) in [6, 6.07) is 25.3. The van der Waals surface area contributed by atoms with Gasteiger partial charge in [0.05, 0.1) is 6.54 Å². The fourth-order valence-corrected chi connectivity index (χ4v) is 2.68. The summed E-state index contributed by atoms with van der Waals surface area (Å²) in [6.45, 7) is 6.41. The molecule has 0 aliphatic heterocycles. The number of hydrogen-bond donors (Lipinski definition) is 2. The van der Waals surface area contributed by atoms with Gasteiger partial charge in [-0.3, -0.25) is 9.59 Å². The number of aryl methyl sites for hydroxylation is 1. The highest BCUT2D eigenvalue weighted by atomic mass is 16.2. The Morgan fingerprint density at radius 1 is 0.724 bits per heavy atom. The molecule has 0 bridgehead atoms. The van der Waals surface area contributed by atoms with Gasteiger partial charge in [-0.1, -0.05) is 86.1 Å². The lowest BCUT2D eigenvalue weighted by atomic mass is 10.0. The average molecular weight is 389 g/mol. The number of nitrogens with one attached hydrogen (secondary N) is 2. The third kappa shape index (κ3) is 6.92. The Hall–Kier alpha value is -3.40. The van der Waals surface area contributed by atoms with Crippen molar-refractivity contribution >= 4 is 11.8 Å². The smallest absolute Gasteiger partial charge is 0.251 e. The van der Waals surface area contributed by atoms with Gasteiger partial charge in [-0.05, 0) is 35.7 Å². The zero-order valence-corrected chi connectivity index (χ0v) is 17.2. The Balaban J connectivity index is 0.00000145. The number of hydrogen-bond acceptors (Lipinski definition) is 2. The molecule has 3 aromatic carbocycles. The summed E-state index contributed by atoms with van der Waals surface area (Å²) in [4.78, 5) is 24.1. The summed E-state index contributed by atoms with van der Waals surface area (Å²) in [5.41, 5.74) is 4.87. The van der Waals surface area contributed by atoms with E-state index in [0.29, 0.717) is 12.1 Å². The largest absolute Gasteiger partial charge is 0.350 e. The van der Waals surface area contributed by atoms with Gasteiger partial charge < -0.3 is 10.6 Å². The van der Waals surface area contributed by atoms with Crippen LogP contribution in [0.15, 0.2) is 78.9 Å². The van der Waals surface area contributed by atoms with Crippen LogP contribution in [0.5, 0.6) is 0 Å². The van der Waals surface area contributed by atoms with Crippen LogP contribution in [0.2, 0.25) is 0 Å². The van der Waals surface area contributed by atoms with Gasteiger partial charge in [-0.15, -0.1) is 0 Å². The summed E-state index contributed by atoms with van der Waals surface area (Å²) < 4.78 is 0. The predicted octanol–water partition coefficient (Wildman–Crippen LogP) is 4.73. The Kier molecular flexibility index (Phi) is 8.64. The fourth-order valence-electron chi connectivity index (χ4n) is 2.68. The van der Waals surface area contributed by atoms with Crippen LogP contribution >= 0.6 is 0 Å². The molecule has 150 valence electrons. The topological polar surface area (TPSA) is 58.2 Å². The van der Waals surface area contributed by atoms with Gasteiger partial charge in [0, 0.05) is 12.1 Å². The van der Waals surface area contributed by atoms with Crippen LogP contribution in [0.25, 0.3) is 11.1 Å². The van der Waals surface area contributed by atoms with Crippen LogP contribution < -0.4 is 10.6 Å². The number of rotatable bonds is 6. The van der Waals surface area contributed by atoms with E-state index in [4.69, 9.17) is 0 Å². The summed E-state index contributed by atoms with van der Waals surface area (Å²) in [5.74, 6) is -0.482. The van der Waals surface area contributed by atoms with E-state index in [-0.39, 0.29) is 18.4 Å². The molecule has 2 N–H and O–H groups in total. The van der Waals surface area contributed by atoms with Crippen LogP contribution in [-0.4, -0.2) is 18.4 Å². The average Bonchev–Trinajstić information content (AvgIpc) is 2.79. The molecule has 0 radical (unpaired) electrons. The summed E-state index contributed by atoms with van der Waals surface area (Å²) >= 11 is 0. The molecule has 0 fully saturated rings. The normalized spacial score (nSPS) is 9.76. The number of carbonyl (C=O) groups is 2. The maximum atomic E-state index is 12.2. The number of carbonyl (C=O) groups excluding carboxylic acids is 2. The van der Waals surface area contributed by atoms with Crippen molar-refractivity contribution in [3.63, 3.8) is 0 Å². The lowest BCUT2D eigenvalue weighted by Crippen LogP contribution is -2.36. The lowest BCUT2D eigenvalue weighted by molar-refractivity contribution is -0.120. The first kappa shape index (κ1) is 21.9. The van der Waals surface area contributed by atoms with Gasteiger partial charge in [-0.25, -0.2) is 0 Å². The monoisotopic (exact) mass is 388 g/mol. The third-order valence-corrected chi connectivity index (χ3v) is 4.27. The maximum absolute atomic E-state index is 12.2. The molecule has 0 unspecified atom stereocenters. The fraction of sp³-hybridized carbons (Fsp3) is 0.200. The quantitative estimate of drug-likeness (QED) is 0.641. The molecular formula is C25H28N2O2. The highest BCUT2D eigenvalue weighted by Gasteiger charge is 2.08. The SMILES string of the molecule is CC.Cc1ccc(CNC(=O)CNC(=O)c2ccc(-c3ccccc3)cc2)cc1. The number of benzene rings is 3. The molecule has 0 heterocycles. The first-order valence-corrected chi connectivity index (χ1v) is 9.88. The van der Waals surface area contributed by atoms with Crippen molar-refractivity contribution in [2.24, 2.45) is 0 Å². The first-order chi connectivity index (χ1) is 14.1. The summed E-state index contributed by atoms with van der Waals surface area (Å²) in [5, 5.41) is 5.45. The molecule has 29 heavy (non-hydrogen) atoms. The molecule has 0 aliphatic carbocycles. The molecule has 0 aliphatic rings. The first-order valence-electron chi connectivity index (χ1n) is 9.88. The standard InChI is InChI=1S/C23H22N2O2.C2H6/c1-17-7-9-18(10-8-17)15-24-22(26)16-25-23(27)21-13-11-20(12-14-21)19-5-3-2-4-6-19;1-2/h2-14H,15-16H2,1H3,(H,24,26)(H,25,27);1-2H3. The molecule has 3 aromatic rings. The van der Waals surface area contributed by atoms with Crippen LogP contribution in [0, 0.1) is 6.92 Å². The highest BCUT2D eigenvalue weighted by Crippen LogP contribution is 2.19. The summed E-state index contributed by atoms with van der Waals surface area (Å²) in [6.07, 6.45) is 0. The minimum atomic E-state index is -0.264. The van der Waals surface area contributed by atoms with Gasteiger partial charge in [0.2, 0.25) is 5.91 Å². The Bertz CT molecular complexity index is 902. The van der Waals surface area contributed by atoms with E-state index >= 15 is 0 Å². The Morgan fingerprint density at radius 3 is 1.93 bits per heavy atom. The van der Waals surface area contributed by atoms with E-state index in [1.807, 2.05) is 87.5 Å². The van der Waals surface area contributed by atoms with Gasteiger partial charge in [-0.2, -0.15) is 0 Å². The molecule has 0 saturated heterocycles. The predicted molar refractivity (Wildman–Crippen MR) is 119 cm³/mol. The van der Waals surface area contributed by atoms with Crippen LogP contribution in [-0.2, 0) is 11.3 Å². The van der Waals surface area contributed by atoms with Crippen molar-refractivity contribution in [3.8, 4) is 11.1 Å². The van der Waals surface area contributed by atoms with Crippen LogP contribution in [0.4, 0.5) is 0 Å². The molecule has 4 nitrogen and oxygen atoms in total. The second-order valence-corrected chi connectivity index (χ2v) is 6.39. The van der Waals surface area contributed by atoms with Gasteiger partial charge >= 0.3 is 0 Å². The second-order valence-electron chi connectivity index (χ2n) is 6.39. The molecule has 0 aromatic heterocycles. The molecule has 3 rings (SSSR count). The van der Waals surface area contributed by atoms with Crippen LogP contribution in [0.3, 0.4) is 0 Å². The molecule has 0 spiro atoms. The number of amides is 2. The van der Waals surface area contributed by atoms with Crippen molar-refractivity contribution in [2.75, 3.05) is 6.54 Å². The molecule has 0 atom stereocenters. The van der Waals surface area contributed by atoms with E-state index in [9.17, 15) is 9.59 Å². The van der Waals surface area contributed by atoms with Crippen molar-refractivity contribution in [1.29, 1.82) is 0 Å². The Labute approximate surface area is 173 Å². The van der Waals surface area contributed by atoms with Crippen LogP contribution in [0.1, 0.15) is 35.3 Å². The third-order valence-electron chi connectivity index (χ3n) is 4.27. The Morgan fingerprint density at radius 2 is 1.31 bits per heavy atom. The van der Waals surface area contributed by atoms with Crippen molar-refractivity contribution in [2.45, 2.75) is 27.3 Å². The highest BCUT2D eigenvalue weighted by molar-refractivity contribution is 5.96. The lowest BCUT2D eigenvalue weighted by Gasteiger charge is -2.08. The van der Waals surface area contributed by atoms with Crippen molar-refractivity contribution < 1.29 is 9.59 Å².